The topological polar surface area (TPSA) is 139 Å². The minimum absolute atomic E-state index is 0.0580. The van der Waals surface area contributed by atoms with Crippen LogP contribution in [0.3, 0.4) is 0 Å². The number of carbonyl (C=O) groups is 3. The Morgan fingerprint density at radius 3 is 2.24 bits per heavy atom. The summed E-state index contributed by atoms with van der Waals surface area (Å²) in [6.45, 7) is 13.9. The molecule has 2 heterocycles. The van der Waals surface area contributed by atoms with E-state index in [0.29, 0.717) is 5.92 Å². The molecule has 2 aliphatic rings. The van der Waals surface area contributed by atoms with Gasteiger partial charge in [0.15, 0.2) is 0 Å². The summed E-state index contributed by atoms with van der Waals surface area (Å²) >= 11 is 0. The number of rotatable bonds is 8. The third-order valence-electron chi connectivity index (χ3n) is 6.94. The third kappa shape index (κ3) is 17.9. The summed E-state index contributed by atoms with van der Waals surface area (Å²) in [4.78, 5) is 36.7. The van der Waals surface area contributed by atoms with Crippen molar-refractivity contribution in [2.75, 3.05) is 27.9 Å². The van der Waals surface area contributed by atoms with E-state index in [4.69, 9.17) is 15.2 Å². The standard InChI is InChI=1S/C27H43N3O4.C3H6O2.C2H6O/c1-17(7-10-23-15-18(2)13-14-33-23)8-11-25-20(4)16-24(21(5)34-25)30-26(32)12-9-19(3)27(28)29-22(6)31;1-3(4)5-2;1-3-2/h7-10,12,18-21,23-25H,11,13-16H2,1-6H3,(H,30,32)(H2,28,29,31);1-2H3;1-2H3/b10-7+,12-9-,17-8+;;. The van der Waals surface area contributed by atoms with E-state index in [-0.39, 0.29) is 53.9 Å². The second-order valence-electron chi connectivity index (χ2n) is 11.1. The first-order chi connectivity index (χ1) is 19.7. The van der Waals surface area contributed by atoms with Crippen molar-refractivity contribution in [2.45, 2.75) is 98.5 Å². The van der Waals surface area contributed by atoms with E-state index in [9.17, 15) is 14.4 Å². The molecule has 10 nitrogen and oxygen atoms in total. The van der Waals surface area contributed by atoms with Crippen LogP contribution in [-0.4, -0.2) is 75.9 Å². The first-order valence-electron chi connectivity index (χ1n) is 14.6. The van der Waals surface area contributed by atoms with Crippen molar-refractivity contribution in [1.82, 2.24) is 5.32 Å². The number of amides is 2. The predicted molar refractivity (Wildman–Crippen MR) is 167 cm³/mol. The van der Waals surface area contributed by atoms with Gasteiger partial charge in [-0.15, -0.1) is 0 Å². The van der Waals surface area contributed by atoms with Gasteiger partial charge in [-0.1, -0.05) is 50.6 Å². The molecule has 0 bridgehead atoms. The number of hydrogen-bond acceptors (Lipinski definition) is 7. The van der Waals surface area contributed by atoms with Crippen LogP contribution in [0.1, 0.15) is 74.1 Å². The van der Waals surface area contributed by atoms with Gasteiger partial charge < -0.3 is 30.0 Å². The van der Waals surface area contributed by atoms with Gasteiger partial charge in [-0.25, -0.2) is 4.99 Å². The van der Waals surface area contributed by atoms with Crippen molar-refractivity contribution >= 4 is 23.6 Å². The SMILES string of the molecule is CC(=O)N=C(N)C(C)/C=C\C(=O)NC1CC(C)C(C/C=C(C)/C=C/C2CC(C)CCO2)OC1C.COC.COC(C)=O. The van der Waals surface area contributed by atoms with Gasteiger partial charge in [-0.3, -0.25) is 14.4 Å². The lowest BCUT2D eigenvalue weighted by molar-refractivity contribution is -0.138. The summed E-state index contributed by atoms with van der Waals surface area (Å²) < 4.78 is 20.5. The van der Waals surface area contributed by atoms with Crippen LogP contribution in [0.5, 0.6) is 0 Å². The lowest BCUT2D eigenvalue weighted by Crippen LogP contribution is -2.50. The molecular formula is C32H55N3O7. The van der Waals surface area contributed by atoms with Gasteiger partial charge in [0.05, 0.1) is 31.5 Å². The molecule has 42 heavy (non-hydrogen) atoms. The maximum Gasteiger partial charge on any atom is 0.302 e. The number of ether oxygens (including phenoxy) is 4. The Balaban J connectivity index is 0.00000186. The Labute approximate surface area is 253 Å². The number of allylic oxidation sites excluding steroid dienone is 2. The smallest absolute Gasteiger partial charge is 0.302 e. The van der Waals surface area contributed by atoms with E-state index in [1.807, 2.05) is 6.92 Å². The van der Waals surface area contributed by atoms with E-state index in [1.54, 1.807) is 27.2 Å². The van der Waals surface area contributed by atoms with E-state index >= 15 is 0 Å². The summed E-state index contributed by atoms with van der Waals surface area (Å²) in [5, 5.41) is 3.04. The second kappa shape index (κ2) is 21.8. The fourth-order valence-electron chi connectivity index (χ4n) is 4.32. The van der Waals surface area contributed by atoms with Gasteiger partial charge >= 0.3 is 5.97 Å². The zero-order chi connectivity index (χ0) is 32.2. The highest BCUT2D eigenvalue weighted by molar-refractivity contribution is 5.95. The molecular weight excluding hydrogens is 538 g/mol. The van der Waals surface area contributed by atoms with Crippen LogP contribution in [-0.2, 0) is 33.3 Å². The number of esters is 1. The summed E-state index contributed by atoms with van der Waals surface area (Å²) in [7, 11) is 4.60. The molecule has 7 unspecified atom stereocenters. The van der Waals surface area contributed by atoms with Gasteiger partial charge in [0.1, 0.15) is 5.84 Å². The Morgan fingerprint density at radius 2 is 1.69 bits per heavy atom. The molecule has 240 valence electrons. The maximum absolute atomic E-state index is 12.4. The molecule has 2 saturated heterocycles. The normalized spacial score (nSPS) is 27.3. The van der Waals surface area contributed by atoms with Crippen LogP contribution in [0.4, 0.5) is 0 Å². The minimum Gasteiger partial charge on any atom is -0.469 e. The van der Waals surface area contributed by atoms with Gasteiger partial charge in [0.2, 0.25) is 11.8 Å². The van der Waals surface area contributed by atoms with Crippen molar-refractivity contribution in [3.63, 3.8) is 0 Å². The Bertz CT molecular complexity index is 944. The number of carbonyl (C=O) groups excluding carboxylic acids is 3. The Morgan fingerprint density at radius 1 is 1.07 bits per heavy atom. The van der Waals surface area contributed by atoms with Gasteiger partial charge in [-0.2, -0.15) is 0 Å². The zero-order valence-corrected chi connectivity index (χ0v) is 27.3. The number of aliphatic imine (C=N–C) groups is 1. The average molecular weight is 594 g/mol. The predicted octanol–water partition coefficient (Wildman–Crippen LogP) is 4.53. The Kier molecular flexibility index (Phi) is 20.4. The molecule has 2 amide bonds. The number of methoxy groups -OCH3 is 2. The van der Waals surface area contributed by atoms with Crippen molar-refractivity contribution in [3.05, 3.63) is 36.0 Å². The number of amidine groups is 1. The minimum atomic E-state index is -0.354. The molecule has 0 aromatic rings. The highest BCUT2D eigenvalue weighted by atomic mass is 16.5. The lowest BCUT2D eigenvalue weighted by atomic mass is 9.88. The molecule has 0 aromatic carbocycles. The van der Waals surface area contributed by atoms with Crippen LogP contribution in [0, 0.1) is 17.8 Å². The molecule has 3 N–H and O–H groups in total. The Hall–Kier alpha value is -2.82. The average Bonchev–Trinajstić information content (AvgIpc) is 2.92. The van der Waals surface area contributed by atoms with Crippen LogP contribution >= 0.6 is 0 Å². The number of nitrogens with one attached hydrogen (secondary N) is 1. The number of nitrogens with two attached hydrogens (primary N) is 1. The van der Waals surface area contributed by atoms with E-state index in [0.717, 1.165) is 38.2 Å². The fraction of sp³-hybridized carbons (Fsp3) is 0.688. The largest absolute Gasteiger partial charge is 0.469 e. The molecule has 2 aliphatic heterocycles. The monoisotopic (exact) mass is 593 g/mol. The van der Waals surface area contributed by atoms with E-state index < -0.39 is 0 Å². The highest BCUT2D eigenvalue weighted by Crippen LogP contribution is 2.28. The van der Waals surface area contributed by atoms with Crippen LogP contribution in [0.15, 0.2) is 40.9 Å². The molecule has 0 saturated carbocycles. The van der Waals surface area contributed by atoms with Crippen molar-refractivity contribution < 1.29 is 33.3 Å². The summed E-state index contributed by atoms with van der Waals surface area (Å²) in [5.41, 5.74) is 6.98. The van der Waals surface area contributed by atoms with E-state index in [2.05, 4.69) is 58.8 Å². The van der Waals surface area contributed by atoms with Crippen LogP contribution in [0.25, 0.3) is 0 Å². The van der Waals surface area contributed by atoms with Crippen molar-refractivity contribution in [3.8, 4) is 0 Å². The van der Waals surface area contributed by atoms with Gasteiger partial charge in [-0.05, 0) is 57.4 Å². The lowest BCUT2D eigenvalue weighted by Gasteiger charge is -2.39. The zero-order valence-electron chi connectivity index (χ0n) is 27.3. The summed E-state index contributed by atoms with van der Waals surface area (Å²) in [6.07, 6.45) is 13.9. The molecule has 10 heteroatoms. The number of nitrogens with zero attached hydrogens (tertiary/aromatic N) is 1. The maximum atomic E-state index is 12.4. The van der Waals surface area contributed by atoms with Crippen LogP contribution < -0.4 is 11.1 Å². The molecule has 2 rings (SSSR count). The molecule has 7 atom stereocenters. The van der Waals surface area contributed by atoms with Crippen molar-refractivity contribution in [1.29, 1.82) is 0 Å². The first-order valence-corrected chi connectivity index (χ1v) is 14.6. The van der Waals surface area contributed by atoms with Gasteiger partial charge in [0, 0.05) is 40.6 Å². The molecule has 0 spiro atoms. The van der Waals surface area contributed by atoms with Crippen LogP contribution in [0.2, 0.25) is 0 Å². The summed E-state index contributed by atoms with van der Waals surface area (Å²) in [5.74, 6) is 0.137. The molecule has 2 fully saturated rings. The molecule has 0 radical (unpaired) electrons. The van der Waals surface area contributed by atoms with E-state index in [1.165, 1.54) is 32.6 Å². The fourth-order valence-corrected chi connectivity index (χ4v) is 4.32. The summed E-state index contributed by atoms with van der Waals surface area (Å²) in [6, 6.07) is -0.0580. The van der Waals surface area contributed by atoms with Gasteiger partial charge in [0.25, 0.3) is 0 Å². The third-order valence-corrected chi connectivity index (χ3v) is 6.94. The molecule has 0 aliphatic carbocycles. The first kappa shape index (κ1) is 39.2. The quantitative estimate of drug-likeness (QED) is 0.138. The number of hydrogen-bond donors (Lipinski definition) is 2. The van der Waals surface area contributed by atoms with Crippen molar-refractivity contribution in [2.24, 2.45) is 28.5 Å². The molecule has 0 aromatic heterocycles. The second-order valence-corrected chi connectivity index (χ2v) is 11.1. The highest BCUT2D eigenvalue weighted by Gasteiger charge is 2.33.